The van der Waals surface area contributed by atoms with Crippen LogP contribution in [-0.4, -0.2) is 52.8 Å². The van der Waals surface area contributed by atoms with Crippen LogP contribution in [0.4, 0.5) is 4.79 Å². The number of benzene rings is 1. The van der Waals surface area contributed by atoms with E-state index in [2.05, 4.69) is 4.74 Å². The van der Waals surface area contributed by atoms with Crippen molar-refractivity contribution in [3.05, 3.63) is 57.8 Å². The van der Waals surface area contributed by atoms with Crippen molar-refractivity contribution < 1.29 is 28.7 Å². The van der Waals surface area contributed by atoms with Gasteiger partial charge >= 0.3 is 11.9 Å². The van der Waals surface area contributed by atoms with Crippen molar-refractivity contribution in [2.24, 2.45) is 0 Å². The van der Waals surface area contributed by atoms with Crippen LogP contribution in [0.25, 0.3) is 11.8 Å². The number of aryl methyl sites for hydroxylation is 1. The molecule has 0 aliphatic carbocycles. The molecule has 1 aliphatic heterocycles. The van der Waals surface area contributed by atoms with Gasteiger partial charge in [0.25, 0.3) is 11.1 Å². The molecule has 0 bridgehead atoms. The van der Waals surface area contributed by atoms with Gasteiger partial charge < -0.3 is 14.0 Å². The van der Waals surface area contributed by atoms with Gasteiger partial charge in [-0.25, -0.2) is 9.59 Å². The van der Waals surface area contributed by atoms with Crippen molar-refractivity contribution >= 4 is 40.9 Å². The third-order valence-corrected chi connectivity index (χ3v) is 5.92. The fraction of sp³-hybridized carbons (Fsp3) is 0.273. The molecule has 2 aromatic rings. The summed E-state index contributed by atoms with van der Waals surface area (Å²) in [5.74, 6) is -1.63. The SMILES string of the molecule is COC(=O)c1cccc(-n2c(C)cc(/C=C3/SC(=O)N([C@H](C)C(=O)OC)C3=O)c2C)c1. The second-order valence-electron chi connectivity index (χ2n) is 6.95. The average Bonchev–Trinajstić information content (AvgIpc) is 3.20. The summed E-state index contributed by atoms with van der Waals surface area (Å²) >= 11 is 0.782. The maximum atomic E-state index is 12.8. The number of rotatable bonds is 5. The molecule has 1 aromatic heterocycles. The molecule has 9 heteroatoms. The van der Waals surface area contributed by atoms with Gasteiger partial charge in [-0.05, 0) is 68.4 Å². The Morgan fingerprint density at radius 1 is 1.10 bits per heavy atom. The Balaban J connectivity index is 1.97. The van der Waals surface area contributed by atoms with Crippen LogP contribution in [0.2, 0.25) is 0 Å². The fourth-order valence-electron chi connectivity index (χ4n) is 3.45. The van der Waals surface area contributed by atoms with E-state index < -0.39 is 29.1 Å². The van der Waals surface area contributed by atoms with E-state index in [1.54, 1.807) is 24.3 Å². The molecule has 1 atom stereocenters. The van der Waals surface area contributed by atoms with Crippen LogP contribution >= 0.6 is 11.8 Å². The third kappa shape index (κ3) is 4.13. The molecular formula is C22H22N2O6S. The van der Waals surface area contributed by atoms with Crippen LogP contribution in [0, 0.1) is 13.8 Å². The van der Waals surface area contributed by atoms with Gasteiger partial charge in [-0.1, -0.05) is 6.07 Å². The summed E-state index contributed by atoms with van der Waals surface area (Å²) in [5, 5.41) is -0.520. The smallest absolute Gasteiger partial charge is 0.337 e. The van der Waals surface area contributed by atoms with Crippen molar-refractivity contribution in [1.82, 2.24) is 9.47 Å². The van der Waals surface area contributed by atoms with Crippen LogP contribution in [0.5, 0.6) is 0 Å². The molecule has 0 spiro atoms. The maximum absolute atomic E-state index is 12.8. The highest BCUT2D eigenvalue weighted by molar-refractivity contribution is 8.18. The number of amides is 2. The monoisotopic (exact) mass is 442 g/mol. The molecule has 0 N–H and O–H groups in total. The standard InChI is InChI=1S/C22H22N2O6S/c1-12-9-16(11-18-19(25)24(22(28)31-18)14(3)20(26)29-4)13(2)23(12)17-8-6-7-15(10-17)21(27)30-5/h6-11,14H,1-5H3/b18-11+/t14-/m1/s1. The molecule has 8 nitrogen and oxygen atoms in total. The van der Waals surface area contributed by atoms with Crippen LogP contribution < -0.4 is 0 Å². The van der Waals surface area contributed by atoms with Gasteiger partial charge in [0.15, 0.2) is 0 Å². The minimum absolute atomic E-state index is 0.226. The van der Waals surface area contributed by atoms with E-state index in [1.807, 2.05) is 30.5 Å². The highest BCUT2D eigenvalue weighted by Crippen LogP contribution is 2.35. The van der Waals surface area contributed by atoms with Gasteiger partial charge in [-0.3, -0.25) is 14.5 Å². The number of thioether (sulfide) groups is 1. The summed E-state index contributed by atoms with van der Waals surface area (Å²) in [4.78, 5) is 49.9. The lowest BCUT2D eigenvalue weighted by Gasteiger charge is -2.18. The number of ether oxygens (including phenoxy) is 2. The van der Waals surface area contributed by atoms with Crippen molar-refractivity contribution in [2.75, 3.05) is 14.2 Å². The summed E-state index contributed by atoms with van der Waals surface area (Å²) in [6, 6.07) is 7.90. The lowest BCUT2D eigenvalue weighted by atomic mass is 10.2. The molecule has 31 heavy (non-hydrogen) atoms. The van der Waals surface area contributed by atoms with E-state index in [1.165, 1.54) is 21.1 Å². The number of carbonyl (C=O) groups excluding carboxylic acids is 4. The Hall–Kier alpha value is -3.33. The molecule has 1 saturated heterocycles. The van der Waals surface area contributed by atoms with Gasteiger partial charge in [0, 0.05) is 17.1 Å². The minimum Gasteiger partial charge on any atom is -0.467 e. The number of hydrogen-bond acceptors (Lipinski definition) is 7. The maximum Gasteiger partial charge on any atom is 0.337 e. The van der Waals surface area contributed by atoms with Crippen molar-refractivity contribution in [3.63, 3.8) is 0 Å². The summed E-state index contributed by atoms with van der Waals surface area (Å²) in [5.41, 5.74) is 3.65. The molecule has 0 unspecified atom stereocenters. The Labute approximate surface area is 183 Å². The molecule has 1 aliphatic rings. The number of aromatic nitrogens is 1. The zero-order valence-corrected chi connectivity index (χ0v) is 18.6. The number of hydrogen-bond donors (Lipinski definition) is 0. The second kappa shape index (κ2) is 8.81. The Morgan fingerprint density at radius 2 is 1.81 bits per heavy atom. The van der Waals surface area contributed by atoms with Crippen LogP contribution in [0.1, 0.15) is 34.2 Å². The first-order chi connectivity index (χ1) is 14.7. The van der Waals surface area contributed by atoms with E-state index in [9.17, 15) is 19.2 Å². The van der Waals surface area contributed by atoms with E-state index in [0.29, 0.717) is 5.56 Å². The normalized spacial score (nSPS) is 16.0. The molecule has 1 fully saturated rings. The van der Waals surface area contributed by atoms with Gasteiger partial charge in [0.05, 0.1) is 24.7 Å². The first-order valence-corrected chi connectivity index (χ1v) is 10.2. The van der Waals surface area contributed by atoms with Crippen molar-refractivity contribution in [2.45, 2.75) is 26.8 Å². The minimum atomic E-state index is -1.00. The summed E-state index contributed by atoms with van der Waals surface area (Å²) < 4.78 is 11.4. The van der Waals surface area contributed by atoms with Gasteiger partial charge in [0.1, 0.15) is 6.04 Å². The lowest BCUT2D eigenvalue weighted by molar-refractivity contribution is -0.148. The zero-order valence-electron chi connectivity index (χ0n) is 17.8. The second-order valence-corrected chi connectivity index (χ2v) is 7.95. The molecule has 3 rings (SSSR count). The van der Waals surface area contributed by atoms with Crippen LogP contribution in [0.15, 0.2) is 35.2 Å². The third-order valence-electron chi connectivity index (χ3n) is 5.04. The highest BCUT2D eigenvalue weighted by Gasteiger charge is 2.41. The quantitative estimate of drug-likeness (QED) is 0.517. The van der Waals surface area contributed by atoms with Gasteiger partial charge in [-0.15, -0.1) is 0 Å². The summed E-state index contributed by atoms with van der Waals surface area (Å²) in [7, 11) is 2.53. The molecular weight excluding hydrogens is 420 g/mol. The first kappa shape index (κ1) is 22.4. The molecule has 162 valence electrons. The van der Waals surface area contributed by atoms with Gasteiger partial charge in [-0.2, -0.15) is 0 Å². The summed E-state index contributed by atoms with van der Waals surface area (Å²) in [6.45, 7) is 5.23. The first-order valence-electron chi connectivity index (χ1n) is 9.42. The zero-order chi connectivity index (χ0) is 22.9. The van der Waals surface area contributed by atoms with E-state index in [0.717, 1.165) is 39.3 Å². The number of nitrogens with zero attached hydrogens (tertiary/aromatic N) is 2. The lowest BCUT2D eigenvalue weighted by Crippen LogP contribution is -2.42. The average molecular weight is 442 g/mol. The Bertz CT molecular complexity index is 1120. The van der Waals surface area contributed by atoms with Crippen LogP contribution in [-0.2, 0) is 19.1 Å². The number of carbonyl (C=O) groups is 4. The number of esters is 2. The highest BCUT2D eigenvalue weighted by atomic mass is 32.2. The van der Waals surface area contributed by atoms with Crippen molar-refractivity contribution in [1.29, 1.82) is 0 Å². The largest absolute Gasteiger partial charge is 0.467 e. The molecule has 2 heterocycles. The van der Waals surface area contributed by atoms with E-state index >= 15 is 0 Å². The van der Waals surface area contributed by atoms with Gasteiger partial charge in [0.2, 0.25) is 0 Å². The molecule has 0 radical (unpaired) electrons. The molecule has 2 amide bonds. The Morgan fingerprint density at radius 3 is 2.45 bits per heavy atom. The van der Waals surface area contributed by atoms with Crippen LogP contribution in [0.3, 0.4) is 0 Å². The predicted molar refractivity (Wildman–Crippen MR) is 116 cm³/mol. The fourth-order valence-corrected chi connectivity index (χ4v) is 4.35. The molecule has 0 saturated carbocycles. The van der Waals surface area contributed by atoms with Crippen molar-refractivity contribution in [3.8, 4) is 5.69 Å². The predicted octanol–water partition coefficient (Wildman–Crippen LogP) is 3.48. The number of imide groups is 1. The van der Waals surface area contributed by atoms with E-state index in [-0.39, 0.29) is 4.91 Å². The molecule has 1 aromatic carbocycles. The Kier molecular flexibility index (Phi) is 6.35. The van der Waals surface area contributed by atoms with E-state index in [4.69, 9.17) is 4.74 Å². The topological polar surface area (TPSA) is 94.9 Å². The summed E-state index contributed by atoms with van der Waals surface area (Å²) in [6.07, 6.45) is 1.64. The number of methoxy groups -OCH3 is 2.